The molecule has 0 saturated heterocycles. The highest BCUT2D eigenvalue weighted by Crippen LogP contribution is 2.32. The molecule has 0 atom stereocenters. The summed E-state index contributed by atoms with van der Waals surface area (Å²) < 4.78 is 13.1. The number of nitrogens with zero attached hydrogens (tertiary/aromatic N) is 2. The Morgan fingerprint density at radius 2 is 1.93 bits per heavy atom. The number of rotatable bonds is 3. The van der Waals surface area contributed by atoms with Crippen molar-refractivity contribution in [2.75, 3.05) is 16.8 Å². The van der Waals surface area contributed by atoms with Crippen LogP contribution in [-0.4, -0.2) is 23.3 Å². The van der Waals surface area contributed by atoms with Gasteiger partial charge in [-0.05, 0) is 61.4 Å². The van der Waals surface area contributed by atoms with Crippen molar-refractivity contribution in [3.8, 4) is 10.6 Å². The number of thiazole rings is 1. The largest absolute Gasteiger partial charge is 0.321 e. The molecular weight excluding hydrogens is 377 g/mol. The Balaban J connectivity index is 1.55. The Hall–Kier alpha value is -3.06. The third-order valence-electron chi connectivity index (χ3n) is 4.71. The maximum atomic E-state index is 13.1. The highest BCUT2D eigenvalue weighted by Gasteiger charge is 2.23. The van der Waals surface area contributed by atoms with Crippen LogP contribution in [0.15, 0.2) is 42.5 Å². The number of carbonyl (C=O) groups is 2. The lowest BCUT2D eigenvalue weighted by atomic mass is 10.1. The smallest absolute Gasteiger partial charge is 0.267 e. The van der Waals surface area contributed by atoms with E-state index in [0.717, 1.165) is 23.2 Å². The zero-order valence-electron chi connectivity index (χ0n) is 15.5. The molecule has 1 aromatic heterocycles. The predicted octanol–water partition coefficient (Wildman–Crippen LogP) is 4.42. The van der Waals surface area contributed by atoms with Crippen LogP contribution in [0.2, 0.25) is 0 Å². The number of benzene rings is 2. The van der Waals surface area contributed by atoms with E-state index in [0.29, 0.717) is 27.8 Å². The molecule has 0 radical (unpaired) electrons. The van der Waals surface area contributed by atoms with E-state index in [9.17, 15) is 14.0 Å². The van der Waals surface area contributed by atoms with Crippen molar-refractivity contribution in [1.82, 2.24) is 4.98 Å². The number of hydrogen-bond donors (Lipinski definition) is 1. The molecule has 0 spiro atoms. The highest BCUT2D eigenvalue weighted by molar-refractivity contribution is 7.17. The van der Waals surface area contributed by atoms with Gasteiger partial charge in [0.2, 0.25) is 5.91 Å². The van der Waals surface area contributed by atoms with Crippen LogP contribution in [0.1, 0.15) is 27.9 Å². The molecule has 28 heavy (non-hydrogen) atoms. The number of nitrogens with one attached hydrogen (secondary N) is 1. The molecule has 5 nitrogen and oxygen atoms in total. The maximum Gasteiger partial charge on any atom is 0.267 e. The Kier molecular flexibility index (Phi) is 4.68. The Bertz CT molecular complexity index is 1080. The fourth-order valence-corrected chi connectivity index (χ4v) is 4.28. The number of amides is 2. The van der Waals surface area contributed by atoms with Gasteiger partial charge in [0.25, 0.3) is 5.91 Å². The Labute approximate surface area is 165 Å². The van der Waals surface area contributed by atoms with Gasteiger partial charge in [-0.2, -0.15) is 0 Å². The number of carbonyl (C=O) groups excluding carboxylic acids is 2. The molecule has 2 amide bonds. The van der Waals surface area contributed by atoms with Gasteiger partial charge in [-0.25, -0.2) is 9.37 Å². The molecule has 1 aliphatic heterocycles. The van der Waals surface area contributed by atoms with Crippen LogP contribution in [0.3, 0.4) is 0 Å². The number of hydrogen-bond acceptors (Lipinski definition) is 4. The Morgan fingerprint density at radius 3 is 2.64 bits per heavy atom. The molecule has 0 aliphatic carbocycles. The van der Waals surface area contributed by atoms with Crippen molar-refractivity contribution in [2.45, 2.75) is 20.3 Å². The lowest BCUT2D eigenvalue weighted by Crippen LogP contribution is -2.25. The monoisotopic (exact) mass is 395 g/mol. The van der Waals surface area contributed by atoms with Gasteiger partial charge < -0.3 is 10.2 Å². The van der Waals surface area contributed by atoms with Crippen LogP contribution in [0.25, 0.3) is 10.6 Å². The van der Waals surface area contributed by atoms with Crippen LogP contribution in [0.4, 0.5) is 15.8 Å². The lowest BCUT2D eigenvalue weighted by Gasteiger charge is -2.15. The first kappa shape index (κ1) is 18.3. The summed E-state index contributed by atoms with van der Waals surface area (Å²) in [5.41, 5.74) is 4.03. The second-order valence-electron chi connectivity index (χ2n) is 6.66. The first-order chi connectivity index (χ1) is 13.4. The molecular formula is C21H18FN3O2S. The second kappa shape index (κ2) is 7.16. The molecule has 0 bridgehead atoms. The van der Waals surface area contributed by atoms with Crippen LogP contribution in [0, 0.1) is 12.7 Å². The van der Waals surface area contributed by atoms with Crippen LogP contribution < -0.4 is 10.2 Å². The topological polar surface area (TPSA) is 62.3 Å². The van der Waals surface area contributed by atoms with Gasteiger partial charge in [-0.15, -0.1) is 11.3 Å². The molecule has 4 rings (SSSR count). The minimum Gasteiger partial charge on any atom is -0.321 e. The summed E-state index contributed by atoms with van der Waals surface area (Å²) in [5.74, 6) is -0.524. The van der Waals surface area contributed by atoms with Crippen molar-refractivity contribution >= 4 is 34.5 Å². The summed E-state index contributed by atoms with van der Waals surface area (Å²) in [7, 11) is 0. The van der Waals surface area contributed by atoms with E-state index in [1.54, 1.807) is 36.9 Å². The average Bonchev–Trinajstić information content (AvgIpc) is 3.25. The Morgan fingerprint density at radius 1 is 1.18 bits per heavy atom. The van der Waals surface area contributed by atoms with Gasteiger partial charge in [0.15, 0.2) is 0 Å². The molecule has 1 N–H and O–H groups in total. The molecule has 3 aromatic rings. The molecule has 7 heteroatoms. The van der Waals surface area contributed by atoms with Crippen LogP contribution in [-0.2, 0) is 11.2 Å². The average molecular weight is 395 g/mol. The quantitative estimate of drug-likeness (QED) is 0.714. The van der Waals surface area contributed by atoms with E-state index < -0.39 is 0 Å². The zero-order chi connectivity index (χ0) is 19.8. The van der Waals surface area contributed by atoms with Gasteiger partial charge in [-0.1, -0.05) is 0 Å². The van der Waals surface area contributed by atoms with Gasteiger partial charge in [0.05, 0.1) is 5.69 Å². The standard InChI is InChI=1S/C21H18FN3O2S/c1-12-19(28-21(23-12)14-3-5-16(22)6-4-14)20(27)24-17-7-8-18-15(11-17)9-10-25(18)13(2)26/h3-8,11H,9-10H2,1-2H3,(H,24,27). The minimum atomic E-state index is -0.310. The molecule has 0 unspecified atom stereocenters. The SMILES string of the molecule is CC(=O)N1CCc2cc(NC(=O)c3sc(-c4ccc(F)cc4)nc3C)ccc21. The van der Waals surface area contributed by atoms with Crippen LogP contribution in [0.5, 0.6) is 0 Å². The fraction of sp³-hybridized carbons (Fsp3) is 0.190. The highest BCUT2D eigenvalue weighted by atomic mass is 32.1. The molecule has 142 valence electrons. The summed E-state index contributed by atoms with van der Waals surface area (Å²) in [6.07, 6.45) is 0.771. The molecule has 0 fully saturated rings. The van der Waals surface area contributed by atoms with E-state index in [1.165, 1.54) is 23.5 Å². The first-order valence-corrected chi connectivity index (χ1v) is 9.70. The van der Waals surface area contributed by atoms with Crippen molar-refractivity contribution in [3.63, 3.8) is 0 Å². The van der Waals surface area contributed by atoms with Crippen molar-refractivity contribution < 1.29 is 14.0 Å². The van der Waals surface area contributed by atoms with Gasteiger partial charge >= 0.3 is 0 Å². The summed E-state index contributed by atoms with van der Waals surface area (Å²) >= 11 is 1.28. The van der Waals surface area contributed by atoms with E-state index >= 15 is 0 Å². The van der Waals surface area contributed by atoms with Crippen LogP contribution >= 0.6 is 11.3 Å². The summed E-state index contributed by atoms with van der Waals surface area (Å²) in [4.78, 5) is 31.1. The zero-order valence-corrected chi connectivity index (χ0v) is 16.3. The number of aryl methyl sites for hydroxylation is 1. The maximum absolute atomic E-state index is 13.1. The third-order valence-corrected chi connectivity index (χ3v) is 5.91. The van der Waals surface area contributed by atoms with Gasteiger partial charge in [0.1, 0.15) is 15.7 Å². The molecule has 2 heterocycles. The predicted molar refractivity (Wildman–Crippen MR) is 108 cm³/mol. The molecule has 2 aromatic carbocycles. The van der Waals surface area contributed by atoms with Crippen molar-refractivity contribution in [3.05, 3.63) is 64.4 Å². The van der Waals surface area contributed by atoms with E-state index in [4.69, 9.17) is 0 Å². The lowest BCUT2D eigenvalue weighted by molar-refractivity contribution is -0.116. The van der Waals surface area contributed by atoms with Crippen molar-refractivity contribution in [2.24, 2.45) is 0 Å². The number of aromatic nitrogens is 1. The first-order valence-electron chi connectivity index (χ1n) is 8.88. The number of halogens is 1. The van der Waals surface area contributed by atoms with E-state index in [1.807, 2.05) is 12.1 Å². The van der Waals surface area contributed by atoms with Crippen molar-refractivity contribution in [1.29, 1.82) is 0 Å². The summed E-state index contributed by atoms with van der Waals surface area (Å²) in [6, 6.07) is 11.6. The summed E-state index contributed by atoms with van der Waals surface area (Å²) in [5, 5.41) is 3.59. The second-order valence-corrected chi connectivity index (χ2v) is 7.66. The van der Waals surface area contributed by atoms with Gasteiger partial charge in [-0.3, -0.25) is 9.59 Å². The van der Waals surface area contributed by atoms with E-state index in [2.05, 4.69) is 10.3 Å². The normalized spacial score (nSPS) is 12.8. The summed E-state index contributed by atoms with van der Waals surface area (Å²) in [6.45, 7) is 4.00. The number of anilines is 2. The third kappa shape index (κ3) is 3.41. The fourth-order valence-electron chi connectivity index (χ4n) is 3.32. The van der Waals surface area contributed by atoms with Gasteiger partial charge in [0, 0.05) is 30.4 Å². The van der Waals surface area contributed by atoms with E-state index in [-0.39, 0.29) is 17.6 Å². The number of fused-ring (bicyclic) bond motifs is 1. The molecule has 0 saturated carbocycles. The minimum absolute atomic E-state index is 0.0177. The molecule has 1 aliphatic rings.